The first-order valence-corrected chi connectivity index (χ1v) is 10.9. The number of anilines is 1. The zero-order chi connectivity index (χ0) is 21.0. The van der Waals surface area contributed by atoms with E-state index in [-0.39, 0.29) is 16.6 Å². The Balaban J connectivity index is 1.63. The lowest BCUT2D eigenvalue weighted by atomic mass is 10.1. The van der Waals surface area contributed by atoms with Crippen molar-refractivity contribution in [1.82, 2.24) is 4.31 Å². The molecule has 7 nitrogen and oxygen atoms in total. The number of carbonyl (C=O) groups excluding carboxylic acids is 2. The molecule has 2 aromatic rings. The number of carbonyl (C=O) groups is 2. The van der Waals surface area contributed by atoms with Crippen molar-refractivity contribution in [2.45, 2.75) is 37.7 Å². The molecule has 0 radical (unpaired) electrons. The number of rotatable bonds is 7. The number of hydrogen-bond donors (Lipinski definition) is 1. The minimum Gasteiger partial charge on any atom is -0.481 e. The molecule has 2 aromatic carbocycles. The summed E-state index contributed by atoms with van der Waals surface area (Å²) in [7, 11) is -3.48. The lowest BCUT2D eigenvalue weighted by Crippen LogP contribution is -2.30. The van der Waals surface area contributed by atoms with Crippen LogP contribution in [0.3, 0.4) is 0 Å². The van der Waals surface area contributed by atoms with Gasteiger partial charge in [0.15, 0.2) is 11.9 Å². The van der Waals surface area contributed by atoms with Gasteiger partial charge >= 0.3 is 0 Å². The second-order valence-electron chi connectivity index (χ2n) is 6.97. The summed E-state index contributed by atoms with van der Waals surface area (Å²) in [5, 5.41) is 2.71. The second kappa shape index (κ2) is 8.75. The zero-order valence-corrected chi connectivity index (χ0v) is 17.2. The summed E-state index contributed by atoms with van der Waals surface area (Å²) in [6, 6.07) is 12.7. The average molecular weight is 416 g/mol. The highest BCUT2D eigenvalue weighted by Gasteiger charge is 2.27. The van der Waals surface area contributed by atoms with Crippen LogP contribution in [0.1, 0.15) is 37.0 Å². The highest BCUT2D eigenvalue weighted by molar-refractivity contribution is 7.89. The van der Waals surface area contributed by atoms with E-state index in [9.17, 15) is 18.0 Å². The molecule has 0 bridgehead atoms. The fraction of sp³-hybridized carbons (Fsp3) is 0.333. The fourth-order valence-corrected chi connectivity index (χ4v) is 4.59. The van der Waals surface area contributed by atoms with Gasteiger partial charge in [-0.2, -0.15) is 4.31 Å². The number of ether oxygens (including phenoxy) is 1. The lowest BCUT2D eigenvalue weighted by Gasteiger charge is -2.17. The largest absolute Gasteiger partial charge is 0.481 e. The Morgan fingerprint density at radius 1 is 1.07 bits per heavy atom. The molecule has 3 rings (SSSR count). The number of hydrogen-bond acceptors (Lipinski definition) is 5. The van der Waals surface area contributed by atoms with Gasteiger partial charge in [0, 0.05) is 24.3 Å². The first-order valence-electron chi connectivity index (χ1n) is 9.46. The predicted molar refractivity (Wildman–Crippen MR) is 110 cm³/mol. The van der Waals surface area contributed by atoms with Gasteiger partial charge in [-0.15, -0.1) is 0 Å². The van der Waals surface area contributed by atoms with Crippen molar-refractivity contribution >= 4 is 27.4 Å². The maximum absolute atomic E-state index is 12.5. The Labute approximate surface area is 170 Å². The molecule has 1 heterocycles. The molecule has 1 atom stereocenters. The molecule has 0 unspecified atom stereocenters. The van der Waals surface area contributed by atoms with Crippen molar-refractivity contribution < 1.29 is 22.7 Å². The van der Waals surface area contributed by atoms with Gasteiger partial charge in [0.25, 0.3) is 5.91 Å². The minimum absolute atomic E-state index is 0.0865. The Morgan fingerprint density at radius 2 is 1.72 bits per heavy atom. The average Bonchev–Trinajstić information content (AvgIpc) is 3.24. The standard InChI is InChI=1S/C21H24N2O5S/c1-15(24)17-6-5-7-19(14-17)28-16(2)21(25)22-18-8-10-20(11-9-18)29(26,27)23-12-3-4-13-23/h5-11,14,16H,3-4,12-13H2,1-2H3,(H,22,25)/t16-/m1/s1. The predicted octanol–water partition coefficient (Wildman–Crippen LogP) is 3.08. The van der Waals surface area contributed by atoms with E-state index in [4.69, 9.17) is 4.74 Å². The van der Waals surface area contributed by atoms with Crippen LogP contribution in [-0.4, -0.2) is 43.6 Å². The van der Waals surface area contributed by atoms with Crippen LogP contribution in [0.5, 0.6) is 5.75 Å². The van der Waals surface area contributed by atoms with E-state index >= 15 is 0 Å². The van der Waals surface area contributed by atoms with Crippen molar-refractivity contribution in [2.24, 2.45) is 0 Å². The smallest absolute Gasteiger partial charge is 0.265 e. The van der Waals surface area contributed by atoms with E-state index in [1.54, 1.807) is 43.3 Å². The van der Waals surface area contributed by atoms with Crippen molar-refractivity contribution in [3.8, 4) is 5.75 Å². The molecule has 0 saturated carbocycles. The molecule has 0 aliphatic carbocycles. The van der Waals surface area contributed by atoms with Crippen LogP contribution in [0.25, 0.3) is 0 Å². The third kappa shape index (κ3) is 5.02. The van der Waals surface area contributed by atoms with Gasteiger partial charge in [-0.25, -0.2) is 8.42 Å². The number of sulfonamides is 1. The maximum atomic E-state index is 12.5. The highest BCUT2D eigenvalue weighted by Crippen LogP contribution is 2.22. The number of nitrogens with zero attached hydrogens (tertiary/aromatic N) is 1. The van der Waals surface area contributed by atoms with Crippen LogP contribution in [0.15, 0.2) is 53.4 Å². The van der Waals surface area contributed by atoms with E-state index in [1.807, 2.05) is 0 Å². The van der Waals surface area contributed by atoms with Crippen LogP contribution >= 0.6 is 0 Å². The Hall–Kier alpha value is -2.71. The van der Waals surface area contributed by atoms with Crippen LogP contribution in [0.4, 0.5) is 5.69 Å². The summed E-state index contributed by atoms with van der Waals surface area (Å²) in [6.07, 6.45) is 0.950. The van der Waals surface area contributed by atoms with Crippen LogP contribution in [0, 0.1) is 0 Å². The SMILES string of the molecule is CC(=O)c1cccc(O[C@H](C)C(=O)Nc2ccc(S(=O)(=O)N3CCCC3)cc2)c1. The van der Waals surface area contributed by atoms with E-state index < -0.39 is 16.1 Å². The monoisotopic (exact) mass is 416 g/mol. The van der Waals surface area contributed by atoms with Gasteiger partial charge < -0.3 is 10.1 Å². The van der Waals surface area contributed by atoms with E-state index in [2.05, 4.69) is 5.32 Å². The van der Waals surface area contributed by atoms with E-state index in [0.717, 1.165) is 12.8 Å². The molecule has 1 aliphatic rings. The summed E-state index contributed by atoms with van der Waals surface area (Å²) in [5.41, 5.74) is 0.980. The molecule has 8 heteroatoms. The minimum atomic E-state index is -3.48. The molecule has 1 fully saturated rings. The third-order valence-electron chi connectivity index (χ3n) is 4.75. The summed E-state index contributed by atoms with van der Waals surface area (Å²) in [5.74, 6) is -0.0442. The molecule has 0 spiro atoms. The van der Waals surface area contributed by atoms with E-state index in [0.29, 0.717) is 30.1 Å². The zero-order valence-electron chi connectivity index (χ0n) is 16.4. The van der Waals surface area contributed by atoms with E-state index in [1.165, 1.54) is 23.4 Å². The first-order chi connectivity index (χ1) is 13.8. The summed E-state index contributed by atoms with van der Waals surface area (Å²) >= 11 is 0. The number of ketones is 1. The van der Waals surface area contributed by atoms with Gasteiger partial charge in [0.2, 0.25) is 10.0 Å². The van der Waals surface area contributed by atoms with Crippen LogP contribution in [0.2, 0.25) is 0 Å². The highest BCUT2D eigenvalue weighted by atomic mass is 32.2. The van der Waals surface area contributed by atoms with Gasteiger partial charge in [0.1, 0.15) is 5.75 Å². The van der Waals surface area contributed by atoms with Crippen molar-refractivity contribution in [2.75, 3.05) is 18.4 Å². The fourth-order valence-electron chi connectivity index (χ4n) is 3.08. The topological polar surface area (TPSA) is 92.8 Å². The first kappa shape index (κ1) is 21.0. The molecular formula is C21H24N2O5S. The van der Waals surface area contributed by atoms with Crippen molar-refractivity contribution in [1.29, 1.82) is 0 Å². The van der Waals surface area contributed by atoms with Gasteiger partial charge in [0.05, 0.1) is 4.90 Å². The van der Waals surface area contributed by atoms with Crippen LogP contribution < -0.4 is 10.1 Å². The van der Waals surface area contributed by atoms with Crippen LogP contribution in [-0.2, 0) is 14.8 Å². The van der Waals surface area contributed by atoms with Crippen molar-refractivity contribution in [3.63, 3.8) is 0 Å². The molecule has 1 saturated heterocycles. The normalized spacial score (nSPS) is 15.7. The molecule has 1 N–H and O–H groups in total. The second-order valence-corrected chi connectivity index (χ2v) is 8.91. The van der Waals surface area contributed by atoms with Gasteiger partial charge in [-0.1, -0.05) is 12.1 Å². The number of Topliss-reactive ketones (excluding diaryl/α,β-unsaturated/α-hetero) is 1. The third-order valence-corrected chi connectivity index (χ3v) is 6.66. The van der Waals surface area contributed by atoms with Gasteiger partial charge in [-0.3, -0.25) is 9.59 Å². The summed E-state index contributed by atoms with van der Waals surface area (Å²) in [6.45, 7) is 4.14. The molecule has 154 valence electrons. The summed E-state index contributed by atoms with van der Waals surface area (Å²) in [4.78, 5) is 24.1. The number of nitrogens with one attached hydrogen (secondary N) is 1. The Morgan fingerprint density at radius 3 is 2.34 bits per heavy atom. The van der Waals surface area contributed by atoms with Gasteiger partial charge in [-0.05, 0) is 63.1 Å². The molecular weight excluding hydrogens is 392 g/mol. The molecule has 29 heavy (non-hydrogen) atoms. The summed E-state index contributed by atoms with van der Waals surface area (Å²) < 4.78 is 32.2. The number of amides is 1. The number of benzene rings is 2. The quantitative estimate of drug-likeness (QED) is 0.700. The van der Waals surface area contributed by atoms with Crippen molar-refractivity contribution in [3.05, 3.63) is 54.1 Å². The molecule has 1 aliphatic heterocycles. The Kier molecular flexibility index (Phi) is 6.34. The Bertz CT molecular complexity index is 996. The molecule has 0 aromatic heterocycles. The lowest BCUT2D eigenvalue weighted by molar-refractivity contribution is -0.122. The molecule has 1 amide bonds. The maximum Gasteiger partial charge on any atom is 0.265 e.